The molecule has 28 heavy (non-hydrogen) atoms. The molecule has 2 N–H and O–H groups in total. The average molecular weight is 380 g/mol. The summed E-state index contributed by atoms with van der Waals surface area (Å²) < 4.78 is 0. The van der Waals surface area contributed by atoms with E-state index >= 15 is 0 Å². The van der Waals surface area contributed by atoms with Gasteiger partial charge in [-0.25, -0.2) is 0 Å². The van der Waals surface area contributed by atoms with Gasteiger partial charge in [-0.15, -0.1) is 0 Å². The number of fused-ring (bicyclic) bond motifs is 1. The molecular formula is C23H28N2O3. The van der Waals surface area contributed by atoms with Gasteiger partial charge in [0.1, 0.15) is 11.8 Å². The summed E-state index contributed by atoms with van der Waals surface area (Å²) in [5.41, 5.74) is 0.271. The Labute approximate surface area is 165 Å². The van der Waals surface area contributed by atoms with Crippen molar-refractivity contribution in [3.05, 3.63) is 42.0 Å². The molecule has 1 heterocycles. The number of nitrogens with one attached hydrogen (secondary N) is 1. The first-order valence-electron chi connectivity index (χ1n) is 10.5. The van der Waals surface area contributed by atoms with E-state index in [4.69, 9.17) is 0 Å². The van der Waals surface area contributed by atoms with E-state index in [9.17, 15) is 14.7 Å². The van der Waals surface area contributed by atoms with Crippen LogP contribution < -0.4 is 5.32 Å². The zero-order valence-corrected chi connectivity index (χ0v) is 16.2. The fourth-order valence-electron chi connectivity index (χ4n) is 4.59. The molecule has 0 aromatic heterocycles. The van der Waals surface area contributed by atoms with Crippen molar-refractivity contribution in [3.8, 4) is 5.75 Å². The number of phenols is 1. The highest BCUT2D eigenvalue weighted by Crippen LogP contribution is 2.31. The summed E-state index contributed by atoms with van der Waals surface area (Å²) in [6, 6.07) is 10.7. The standard InChI is InChI=1S/C23H28N2O3/c26-21-18-11-6-5-8-16(18)13-14-19(21)23(28)25-15-7-12-20(25)22(27)24-17-9-3-1-2-4-10-17/h5-6,8,11,13-14,17,20,26H,1-4,7,9-10,12,15H2,(H,24,27)/t20-/m1/s1. The zero-order valence-electron chi connectivity index (χ0n) is 16.2. The minimum Gasteiger partial charge on any atom is -0.506 e. The van der Waals surface area contributed by atoms with Gasteiger partial charge < -0.3 is 15.3 Å². The largest absolute Gasteiger partial charge is 0.506 e. The molecular weight excluding hydrogens is 352 g/mol. The molecule has 2 fully saturated rings. The molecule has 5 nitrogen and oxygen atoms in total. The Morgan fingerprint density at radius 2 is 1.68 bits per heavy atom. The topological polar surface area (TPSA) is 69.6 Å². The molecule has 2 aromatic rings. The average Bonchev–Trinajstić information content (AvgIpc) is 3.07. The van der Waals surface area contributed by atoms with Crippen LogP contribution in [-0.2, 0) is 4.79 Å². The number of benzene rings is 2. The van der Waals surface area contributed by atoms with Gasteiger partial charge in [0.15, 0.2) is 0 Å². The van der Waals surface area contributed by atoms with Gasteiger partial charge in [0.25, 0.3) is 5.91 Å². The molecule has 4 rings (SSSR count). The van der Waals surface area contributed by atoms with E-state index < -0.39 is 6.04 Å². The maximum absolute atomic E-state index is 13.2. The molecule has 148 valence electrons. The summed E-state index contributed by atoms with van der Waals surface area (Å²) in [6.45, 7) is 0.549. The molecule has 2 amide bonds. The van der Waals surface area contributed by atoms with E-state index in [1.54, 1.807) is 11.0 Å². The first-order chi connectivity index (χ1) is 13.6. The number of phenolic OH excluding ortho intramolecular Hbond substituents is 1. The number of carbonyl (C=O) groups is 2. The highest BCUT2D eigenvalue weighted by molar-refractivity contribution is 6.05. The van der Waals surface area contributed by atoms with Crippen LogP contribution >= 0.6 is 0 Å². The second-order valence-corrected chi connectivity index (χ2v) is 8.04. The van der Waals surface area contributed by atoms with Crippen LogP contribution in [0.25, 0.3) is 10.8 Å². The molecule has 1 saturated heterocycles. The molecule has 0 unspecified atom stereocenters. The Morgan fingerprint density at radius 3 is 2.46 bits per heavy atom. The lowest BCUT2D eigenvalue weighted by Crippen LogP contribution is -2.48. The first-order valence-corrected chi connectivity index (χ1v) is 10.5. The number of hydrogen-bond acceptors (Lipinski definition) is 3. The third-order valence-corrected chi connectivity index (χ3v) is 6.15. The quantitative estimate of drug-likeness (QED) is 0.791. The van der Waals surface area contributed by atoms with Gasteiger partial charge >= 0.3 is 0 Å². The summed E-state index contributed by atoms with van der Waals surface area (Å²) >= 11 is 0. The number of amides is 2. The van der Waals surface area contributed by atoms with Crippen molar-refractivity contribution >= 4 is 22.6 Å². The third kappa shape index (κ3) is 3.71. The van der Waals surface area contributed by atoms with Gasteiger partial charge in [0, 0.05) is 18.0 Å². The van der Waals surface area contributed by atoms with E-state index in [1.807, 2.05) is 30.3 Å². The molecule has 0 bridgehead atoms. The summed E-state index contributed by atoms with van der Waals surface area (Å²) in [5.74, 6) is -0.308. The predicted octanol–water partition coefficient (Wildman–Crippen LogP) is 3.99. The highest BCUT2D eigenvalue weighted by Gasteiger charge is 2.36. The van der Waals surface area contributed by atoms with Gasteiger partial charge in [-0.3, -0.25) is 9.59 Å². The fourth-order valence-corrected chi connectivity index (χ4v) is 4.59. The van der Waals surface area contributed by atoms with Gasteiger partial charge in [0.05, 0.1) is 5.56 Å². The molecule has 1 saturated carbocycles. The molecule has 1 atom stereocenters. The van der Waals surface area contributed by atoms with Gasteiger partial charge in [0.2, 0.25) is 5.91 Å². The van der Waals surface area contributed by atoms with Crippen molar-refractivity contribution in [3.63, 3.8) is 0 Å². The maximum atomic E-state index is 13.2. The third-order valence-electron chi connectivity index (χ3n) is 6.15. The fraction of sp³-hybridized carbons (Fsp3) is 0.478. The Morgan fingerprint density at radius 1 is 0.929 bits per heavy atom. The SMILES string of the molecule is O=C(NC1CCCCCC1)[C@H]1CCCN1C(=O)c1ccc2ccccc2c1O. The van der Waals surface area contributed by atoms with Crippen LogP contribution in [0.15, 0.2) is 36.4 Å². The lowest BCUT2D eigenvalue weighted by molar-refractivity contribution is -0.125. The summed E-state index contributed by atoms with van der Waals surface area (Å²) in [7, 11) is 0. The van der Waals surface area contributed by atoms with E-state index in [0.717, 1.165) is 37.5 Å². The van der Waals surface area contributed by atoms with Gasteiger partial charge in [-0.05, 0) is 37.1 Å². The number of likely N-dealkylation sites (tertiary alicyclic amines) is 1. The highest BCUT2D eigenvalue weighted by atomic mass is 16.3. The Kier molecular flexibility index (Phi) is 5.51. The second-order valence-electron chi connectivity index (χ2n) is 8.04. The lowest BCUT2D eigenvalue weighted by atomic mass is 10.0. The van der Waals surface area contributed by atoms with Crippen molar-refractivity contribution < 1.29 is 14.7 Å². The van der Waals surface area contributed by atoms with E-state index in [2.05, 4.69) is 5.32 Å². The van der Waals surface area contributed by atoms with Crippen LogP contribution in [0.3, 0.4) is 0 Å². The predicted molar refractivity (Wildman–Crippen MR) is 109 cm³/mol. The summed E-state index contributed by atoms with van der Waals surface area (Å²) in [6.07, 6.45) is 8.33. The molecule has 1 aliphatic heterocycles. The smallest absolute Gasteiger partial charge is 0.258 e. The number of rotatable bonds is 3. The molecule has 5 heteroatoms. The van der Waals surface area contributed by atoms with Crippen LogP contribution in [-0.4, -0.2) is 40.4 Å². The van der Waals surface area contributed by atoms with Crippen LogP contribution in [0.2, 0.25) is 0 Å². The van der Waals surface area contributed by atoms with Crippen molar-refractivity contribution in [1.82, 2.24) is 10.2 Å². The van der Waals surface area contributed by atoms with Crippen molar-refractivity contribution in [1.29, 1.82) is 0 Å². The molecule has 1 aliphatic carbocycles. The van der Waals surface area contributed by atoms with Crippen LogP contribution in [0.5, 0.6) is 5.75 Å². The zero-order chi connectivity index (χ0) is 19.5. The van der Waals surface area contributed by atoms with Crippen LogP contribution in [0.1, 0.15) is 61.7 Å². The Hall–Kier alpha value is -2.56. The van der Waals surface area contributed by atoms with Gasteiger partial charge in [-0.2, -0.15) is 0 Å². The second kappa shape index (κ2) is 8.21. The van der Waals surface area contributed by atoms with E-state index in [-0.39, 0.29) is 29.2 Å². The number of carbonyl (C=O) groups excluding carboxylic acids is 2. The Bertz CT molecular complexity index is 871. The number of hydrogen-bond donors (Lipinski definition) is 2. The minimum atomic E-state index is -0.443. The van der Waals surface area contributed by atoms with Crippen molar-refractivity contribution in [2.75, 3.05) is 6.54 Å². The Balaban J connectivity index is 1.52. The maximum Gasteiger partial charge on any atom is 0.258 e. The molecule has 2 aromatic carbocycles. The number of aromatic hydroxyl groups is 1. The monoisotopic (exact) mass is 380 g/mol. The van der Waals surface area contributed by atoms with Gasteiger partial charge in [-0.1, -0.05) is 56.0 Å². The van der Waals surface area contributed by atoms with E-state index in [1.165, 1.54) is 12.8 Å². The molecule has 0 radical (unpaired) electrons. The lowest BCUT2D eigenvalue weighted by Gasteiger charge is -2.26. The summed E-state index contributed by atoms with van der Waals surface area (Å²) in [4.78, 5) is 27.7. The normalized spacial score (nSPS) is 20.9. The first kappa shape index (κ1) is 18.8. The van der Waals surface area contributed by atoms with Crippen LogP contribution in [0, 0.1) is 0 Å². The van der Waals surface area contributed by atoms with E-state index in [0.29, 0.717) is 18.4 Å². The van der Waals surface area contributed by atoms with Crippen molar-refractivity contribution in [2.24, 2.45) is 0 Å². The van der Waals surface area contributed by atoms with Crippen LogP contribution in [0.4, 0.5) is 0 Å². The molecule has 0 spiro atoms. The number of nitrogens with zero attached hydrogens (tertiary/aromatic N) is 1. The summed E-state index contributed by atoms with van der Waals surface area (Å²) in [5, 5.41) is 15.4. The van der Waals surface area contributed by atoms with Crippen molar-refractivity contribution in [2.45, 2.75) is 63.5 Å². The molecule has 2 aliphatic rings. The minimum absolute atomic E-state index is 0.00192.